The van der Waals surface area contributed by atoms with Crippen LogP contribution in [0.1, 0.15) is 26.2 Å². The fraction of sp³-hybridized carbons (Fsp3) is 0.400. The minimum absolute atomic E-state index is 0.535. The van der Waals surface area contributed by atoms with Crippen LogP contribution in [-0.2, 0) is 0 Å². The number of halogens is 1. The third-order valence-electron chi connectivity index (χ3n) is 3.92. The predicted molar refractivity (Wildman–Crippen MR) is 79.0 cm³/mol. The van der Waals surface area contributed by atoms with Crippen molar-refractivity contribution in [3.8, 4) is 5.69 Å². The summed E-state index contributed by atoms with van der Waals surface area (Å²) in [7, 11) is 0. The van der Waals surface area contributed by atoms with Gasteiger partial charge in [-0.2, -0.15) is 5.10 Å². The number of anilines is 1. The smallest absolute Gasteiger partial charge is 0.106 e. The first kappa shape index (κ1) is 12.5. The Labute approximate surface area is 118 Å². The highest BCUT2D eigenvalue weighted by molar-refractivity contribution is 6.33. The third-order valence-corrected chi connectivity index (χ3v) is 4.23. The van der Waals surface area contributed by atoms with Gasteiger partial charge in [0.15, 0.2) is 0 Å². The van der Waals surface area contributed by atoms with Crippen LogP contribution in [0.3, 0.4) is 0 Å². The Bertz CT molecular complexity index is 551. The lowest BCUT2D eigenvalue weighted by Crippen LogP contribution is -2.22. The zero-order chi connectivity index (χ0) is 13.2. The van der Waals surface area contributed by atoms with Crippen LogP contribution in [0.5, 0.6) is 0 Å². The van der Waals surface area contributed by atoms with Crippen LogP contribution in [0, 0.1) is 5.92 Å². The fourth-order valence-electron chi connectivity index (χ4n) is 2.83. The second kappa shape index (κ2) is 5.25. The average molecular weight is 276 g/mol. The first-order valence-electron chi connectivity index (χ1n) is 6.81. The number of benzene rings is 1. The Kier molecular flexibility index (Phi) is 3.47. The standard InChI is InChI=1S/C15H18ClN3/c1-11-5-2-7-13(11)18-14-8-3-6-12(16)15(14)19-10-4-9-17-19/h3-4,6,8-11,13,18H,2,5,7H2,1H3. The lowest BCUT2D eigenvalue weighted by Gasteiger charge is -2.21. The van der Waals surface area contributed by atoms with Crippen molar-refractivity contribution in [2.45, 2.75) is 32.2 Å². The highest BCUT2D eigenvalue weighted by Crippen LogP contribution is 2.33. The van der Waals surface area contributed by atoms with E-state index in [1.54, 1.807) is 6.20 Å². The maximum absolute atomic E-state index is 6.34. The van der Waals surface area contributed by atoms with Gasteiger partial charge >= 0.3 is 0 Å². The van der Waals surface area contributed by atoms with E-state index in [0.29, 0.717) is 12.0 Å². The number of nitrogens with one attached hydrogen (secondary N) is 1. The Balaban J connectivity index is 1.95. The fourth-order valence-corrected chi connectivity index (χ4v) is 3.09. The number of hydrogen-bond donors (Lipinski definition) is 1. The molecule has 1 aliphatic carbocycles. The molecular formula is C15H18ClN3. The van der Waals surface area contributed by atoms with Gasteiger partial charge in [-0.3, -0.25) is 0 Å². The molecule has 0 radical (unpaired) electrons. The van der Waals surface area contributed by atoms with E-state index in [0.717, 1.165) is 16.4 Å². The van der Waals surface area contributed by atoms with Crippen molar-refractivity contribution < 1.29 is 0 Å². The molecule has 19 heavy (non-hydrogen) atoms. The van der Waals surface area contributed by atoms with Gasteiger partial charge in [0.25, 0.3) is 0 Å². The number of para-hydroxylation sites is 1. The van der Waals surface area contributed by atoms with Crippen molar-refractivity contribution in [2.75, 3.05) is 5.32 Å². The summed E-state index contributed by atoms with van der Waals surface area (Å²) in [5.74, 6) is 0.712. The zero-order valence-electron chi connectivity index (χ0n) is 11.0. The Morgan fingerprint density at radius 1 is 1.32 bits per heavy atom. The summed E-state index contributed by atoms with van der Waals surface area (Å²) in [5.41, 5.74) is 2.00. The first-order valence-corrected chi connectivity index (χ1v) is 7.18. The topological polar surface area (TPSA) is 29.9 Å². The van der Waals surface area contributed by atoms with Gasteiger partial charge in [-0.1, -0.05) is 31.0 Å². The van der Waals surface area contributed by atoms with Crippen LogP contribution < -0.4 is 5.32 Å². The monoisotopic (exact) mass is 275 g/mol. The van der Waals surface area contributed by atoms with Crippen molar-refractivity contribution in [1.29, 1.82) is 0 Å². The van der Waals surface area contributed by atoms with E-state index < -0.39 is 0 Å². The largest absolute Gasteiger partial charge is 0.380 e. The minimum Gasteiger partial charge on any atom is -0.380 e. The first-order chi connectivity index (χ1) is 9.25. The van der Waals surface area contributed by atoms with E-state index in [2.05, 4.69) is 23.4 Å². The molecule has 4 heteroatoms. The van der Waals surface area contributed by atoms with E-state index in [9.17, 15) is 0 Å². The molecule has 2 atom stereocenters. The van der Waals surface area contributed by atoms with E-state index >= 15 is 0 Å². The SMILES string of the molecule is CC1CCCC1Nc1cccc(Cl)c1-n1cccn1. The maximum Gasteiger partial charge on any atom is 0.106 e. The Morgan fingerprint density at radius 3 is 2.89 bits per heavy atom. The summed E-state index contributed by atoms with van der Waals surface area (Å²) in [6.45, 7) is 2.31. The molecule has 0 aliphatic heterocycles. The molecule has 3 nitrogen and oxygen atoms in total. The minimum atomic E-state index is 0.535. The zero-order valence-corrected chi connectivity index (χ0v) is 11.8. The van der Waals surface area contributed by atoms with Crippen LogP contribution in [0.25, 0.3) is 5.69 Å². The van der Waals surface area contributed by atoms with Crippen molar-refractivity contribution in [1.82, 2.24) is 9.78 Å². The van der Waals surface area contributed by atoms with E-state index in [1.807, 2.05) is 29.1 Å². The van der Waals surface area contributed by atoms with E-state index in [-0.39, 0.29) is 0 Å². The molecule has 0 spiro atoms. The number of hydrogen-bond acceptors (Lipinski definition) is 2. The van der Waals surface area contributed by atoms with Gasteiger partial charge in [0.05, 0.1) is 10.7 Å². The molecule has 1 N–H and O–H groups in total. The molecule has 1 aliphatic rings. The van der Waals surface area contributed by atoms with Crippen molar-refractivity contribution >= 4 is 17.3 Å². The van der Waals surface area contributed by atoms with Gasteiger partial charge in [0.1, 0.15) is 5.69 Å². The molecule has 1 saturated carbocycles. The number of rotatable bonds is 3. The van der Waals surface area contributed by atoms with Crippen LogP contribution in [0.4, 0.5) is 5.69 Å². The molecule has 1 aromatic carbocycles. The molecule has 0 amide bonds. The van der Waals surface area contributed by atoms with Crippen molar-refractivity contribution in [3.63, 3.8) is 0 Å². The molecular weight excluding hydrogens is 258 g/mol. The van der Waals surface area contributed by atoms with Crippen molar-refractivity contribution in [3.05, 3.63) is 41.7 Å². The van der Waals surface area contributed by atoms with Crippen LogP contribution in [0.15, 0.2) is 36.7 Å². The second-order valence-electron chi connectivity index (χ2n) is 5.25. The van der Waals surface area contributed by atoms with Gasteiger partial charge in [0, 0.05) is 18.4 Å². The van der Waals surface area contributed by atoms with Crippen LogP contribution >= 0.6 is 11.6 Å². The van der Waals surface area contributed by atoms with Crippen molar-refractivity contribution in [2.24, 2.45) is 5.92 Å². The summed E-state index contributed by atoms with van der Waals surface area (Å²) in [5, 5.41) is 8.66. The number of nitrogens with zero attached hydrogens (tertiary/aromatic N) is 2. The summed E-state index contributed by atoms with van der Waals surface area (Å²) < 4.78 is 1.82. The Hall–Kier alpha value is -1.48. The van der Waals surface area contributed by atoms with Gasteiger partial charge < -0.3 is 5.32 Å². The van der Waals surface area contributed by atoms with Gasteiger partial charge in [0.2, 0.25) is 0 Å². The quantitative estimate of drug-likeness (QED) is 0.913. The van der Waals surface area contributed by atoms with E-state index in [4.69, 9.17) is 11.6 Å². The molecule has 0 saturated heterocycles. The third kappa shape index (κ3) is 2.47. The number of aromatic nitrogens is 2. The molecule has 1 fully saturated rings. The average Bonchev–Trinajstić information content (AvgIpc) is 3.03. The molecule has 2 aromatic rings. The lowest BCUT2D eigenvalue weighted by molar-refractivity contribution is 0.556. The summed E-state index contributed by atoms with van der Waals surface area (Å²) in [4.78, 5) is 0. The lowest BCUT2D eigenvalue weighted by atomic mass is 10.1. The normalized spacial score (nSPS) is 22.6. The highest BCUT2D eigenvalue weighted by atomic mass is 35.5. The Morgan fingerprint density at radius 2 is 2.21 bits per heavy atom. The predicted octanol–water partition coefficient (Wildman–Crippen LogP) is 4.13. The van der Waals surface area contributed by atoms with Crippen LogP contribution in [-0.4, -0.2) is 15.8 Å². The molecule has 100 valence electrons. The molecule has 2 unspecified atom stereocenters. The van der Waals surface area contributed by atoms with E-state index in [1.165, 1.54) is 19.3 Å². The van der Waals surface area contributed by atoms with Gasteiger partial charge in [-0.05, 0) is 37.0 Å². The van der Waals surface area contributed by atoms with Gasteiger partial charge in [-0.25, -0.2) is 4.68 Å². The molecule has 1 aromatic heterocycles. The summed E-state index contributed by atoms with van der Waals surface area (Å²) in [6.07, 6.45) is 7.52. The van der Waals surface area contributed by atoms with Gasteiger partial charge in [-0.15, -0.1) is 0 Å². The van der Waals surface area contributed by atoms with Crippen LogP contribution in [0.2, 0.25) is 5.02 Å². The maximum atomic E-state index is 6.34. The summed E-state index contributed by atoms with van der Waals surface area (Å²) in [6, 6.07) is 8.41. The molecule has 1 heterocycles. The summed E-state index contributed by atoms with van der Waals surface area (Å²) >= 11 is 6.34. The molecule has 0 bridgehead atoms. The second-order valence-corrected chi connectivity index (χ2v) is 5.65. The molecule has 3 rings (SSSR count). The highest BCUT2D eigenvalue weighted by Gasteiger charge is 2.24.